The van der Waals surface area contributed by atoms with Crippen molar-refractivity contribution in [3.05, 3.63) is 28.3 Å². The summed E-state index contributed by atoms with van der Waals surface area (Å²) in [4.78, 5) is 0. The molecule has 1 heterocycles. The maximum Gasteiger partial charge on any atom is 0.229 e. The van der Waals surface area contributed by atoms with Crippen molar-refractivity contribution in [3.8, 4) is 0 Å². The molecule has 84 valence electrons. The smallest absolute Gasteiger partial charge is 0.229 e. The van der Waals surface area contributed by atoms with Gasteiger partial charge < -0.3 is 5.32 Å². The first kappa shape index (κ1) is 11.0. The van der Waals surface area contributed by atoms with Gasteiger partial charge in [0.15, 0.2) is 0 Å². The van der Waals surface area contributed by atoms with Crippen molar-refractivity contribution in [1.82, 2.24) is 14.8 Å². The first-order valence-electron chi connectivity index (χ1n) is 5.09. The molecule has 0 amide bonds. The van der Waals surface area contributed by atoms with E-state index in [1.54, 1.807) is 0 Å². The lowest BCUT2D eigenvalue weighted by Gasteiger charge is -2.14. The lowest BCUT2D eigenvalue weighted by atomic mass is 9.99. The molecule has 0 aliphatic carbocycles. The SMILES string of the molecule is Cc1cc(C)c(C)c(Nc2nnns2)c1C. The molecule has 0 atom stereocenters. The molecule has 2 rings (SSSR count). The highest BCUT2D eigenvalue weighted by molar-refractivity contribution is 7.09. The minimum absolute atomic E-state index is 0.733. The molecule has 5 heteroatoms. The zero-order valence-corrected chi connectivity index (χ0v) is 10.6. The fourth-order valence-electron chi connectivity index (χ4n) is 1.69. The van der Waals surface area contributed by atoms with Crippen LogP contribution >= 0.6 is 11.5 Å². The van der Waals surface area contributed by atoms with Crippen LogP contribution in [0.5, 0.6) is 0 Å². The van der Waals surface area contributed by atoms with Crippen LogP contribution in [0.2, 0.25) is 0 Å². The molecule has 0 radical (unpaired) electrons. The Bertz CT molecular complexity index is 479. The molecule has 0 saturated carbocycles. The van der Waals surface area contributed by atoms with Gasteiger partial charge in [0.1, 0.15) is 0 Å². The van der Waals surface area contributed by atoms with Gasteiger partial charge >= 0.3 is 0 Å². The Balaban J connectivity index is 2.47. The van der Waals surface area contributed by atoms with E-state index < -0.39 is 0 Å². The maximum absolute atomic E-state index is 3.90. The largest absolute Gasteiger partial charge is 0.328 e. The summed E-state index contributed by atoms with van der Waals surface area (Å²) in [5.41, 5.74) is 6.18. The number of hydrogen-bond acceptors (Lipinski definition) is 5. The molecule has 16 heavy (non-hydrogen) atoms. The van der Waals surface area contributed by atoms with Gasteiger partial charge in [0.05, 0.1) is 0 Å². The van der Waals surface area contributed by atoms with Crippen molar-refractivity contribution >= 4 is 22.4 Å². The Kier molecular flexibility index (Phi) is 2.87. The van der Waals surface area contributed by atoms with E-state index in [9.17, 15) is 0 Å². The molecule has 0 spiro atoms. The van der Waals surface area contributed by atoms with Gasteiger partial charge in [-0.05, 0) is 55.2 Å². The zero-order valence-electron chi connectivity index (χ0n) is 9.83. The molecular weight excluding hydrogens is 220 g/mol. The molecule has 1 aromatic heterocycles. The molecular formula is C11H14N4S. The van der Waals surface area contributed by atoms with Gasteiger partial charge in [-0.2, -0.15) is 0 Å². The normalized spacial score (nSPS) is 10.5. The molecule has 4 nitrogen and oxygen atoms in total. The molecule has 0 fully saturated rings. The van der Waals surface area contributed by atoms with Crippen molar-refractivity contribution in [2.45, 2.75) is 27.7 Å². The lowest BCUT2D eigenvalue weighted by Crippen LogP contribution is -1.99. The average molecular weight is 234 g/mol. The Morgan fingerprint density at radius 1 is 1.06 bits per heavy atom. The number of aromatic nitrogens is 3. The second-order valence-corrected chi connectivity index (χ2v) is 4.66. The average Bonchev–Trinajstić information content (AvgIpc) is 2.74. The molecule has 1 aromatic carbocycles. The fraction of sp³-hybridized carbons (Fsp3) is 0.364. The van der Waals surface area contributed by atoms with Crippen molar-refractivity contribution in [2.75, 3.05) is 5.32 Å². The van der Waals surface area contributed by atoms with Crippen molar-refractivity contribution < 1.29 is 0 Å². The number of hydrogen-bond donors (Lipinski definition) is 1. The summed E-state index contributed by atoms with van der Waals surface area (Å²) in [6, 6.07) is 2.20. The van der Waals surface area contributed by atoms with Crippen LogP contribution < -0.4 is 5.32 Å². The van der Waals surface area contributed by atoms with E-state index in [1.807, 2.05) is 0 Å². The lowest BCUT2D eigenvalue weighted by molar-refractivity contribution is 0.961. The molecule has 1 N–H and O–H groups in total. The van der Waals surface area contributed by atoms with Crippen molar-refractivity contribution in [1.29, 1.82) is 0 Å². The predicted octanol–water partition coefficient (Wildman–Crippen LogP) is 2.91. The van der Waals surface area contributed by atoms with E-state index in [0.717, 1.165) is 10.8 Å². The fourth-order valence-corrected chi connectivity index (χ4v) is 2.06. The Labute approximate surface area is 98.9 Å². The number of aryl methyl sites for hydroxylation is 2. The summed E-state index contributed by atoms with van der Waals surface area (Å²) < 4.78 is 3.74. The summed E-state index contributed by atoms with van der Waals surface area (Å²) in [5.74, 6) is 0. The van der Waals surface area contributed by atoms with Gasteiger partial charge in [-0.3, -0.25) is 0 Å². The van der Waals surface area contributed by atoms with Crippen LogP contribution in [-0.2, 0) is 0 Å². The first-order chi connectivity index (χ1) is 7.59. The summed E-state index contributed by atoms with van der Waals surface area (Å²) in [6.45, 7) is 8.45. The van der Waals surface area contributed by atoms with Crippen LogP contribution in [0.3, 0.4) is 0 Å². The van der Waals surface area contributed by atoms with Gasteiger partial charge in [0, 0.05) is 17.2 Å². The number of nitrogens with zero attached hydrogens (tertiary/aromatic N) is 3. The third-order valence-corrected chi connectivity index (χ3v) is 3.41. The molecule has 0 bridgehead atoms. The summed E-state index contributed by atoms with van der Waals surface area (Å²) >= 11 is 1.26. The molecule has 2 aromatic rings. The minimum Gasteiger partial charge on any atom is -0.328 e. The Morgan fingerprint density at radius 2 is 1.69 bits per heavy atom. The predicted molar refractivity (Wildman–Crippen MR) is 66.4 cm³/mol. The maximum atomic E-state index is 3.90. The molecule has 0 aliphatic rings. The Hall–Kier alpha value is -1.49. The third kappa shape index (κ3) is 1.90. The van der Waals surface area contributed by atoms with E-state index in [0.29, 0.717) is 0 Å². The Morgan fingerprint density at radius 3 is 2.19 bits per heavy atom. The molecule has 0 saturated heterocycles. The number of anilines is 2. The van der Waals surface area contributed by atoms with Crippen LogP contribution in [0.25, 0.3) is 0 Å². The topological polar surface area (TPSA) is 50.7 Å². The monoisotopic (exact) mass is 234 g/mol. The highest BCUT2D eigenvalue weighted by Crippen LogP contribution is 2.29. The van der Waals surface area contributed by atoms with Gasteiger partial charge in [0.2, 0.25) is 5.13 Å². The number of rotatable bonds is 2. The van der Waals surface area contributed by atoms with Crippen LogP contribution in [0.4, 0.5) is 10.8 Å². The van der Waals surface area contributed by atoms with Crippen LogP contribution in [-0.4, -0.2) is 14.8 Å². The van der Waals surface area contributed by atoms with Crippen molar-refractivity contribution in [2.24, 2.45) is 0 Å². The number of benzene rings is 1. The standard InChI is InChI=1S/C11H14N4S/c1-6-5-7(2)9(4)10(8(6)3)12-11-13-14-15-16-11/h5H,1-4H3,(H,12,13,15). The first-order valence-corrected chi connectivity index (χ1v) is 5.86. The van der Waals surface area contributed by atoms with Gasteiger partial charge in [-0.25, -0.2) is 0 Å². The highest BCUT2D eigenvalue weighted by atomic mass is 32.1. The zero-order chi connectivity index (χ0) is 11.7. The molecule has 0 aliphatic heterocycles. The number of nitrogens with one attached hydrogen (secondary N) is 1. The van der Waals surface area contributed by atoms with Crippen molar-refractivity contribution in [3.63, 3.8) is 0 Å². The van der Waals surface area contributed by atoms with E-state index in [2.05, 4.69) is 53.9 Å². The summed E-state index contributed by atoms with van der Waals surface area (Å²) in [5, 5.41) is 11.5. The van der Waals surface area contributed by atoms with E-state index in [1.165, 1.54) is 33.8 Å². The van der Waals surface area contributed by atoms with Gasteiger partial charge in [0.25, 0.3) is 0 Å². The van der Waals surface area contributed by atoms with Crippen LogP contribution in [0, 0.1) is 27.7 Å². The summed E-state index contributed by atoms with van der Waals surface area (Å²) in [6.07, 6.45) is 0. The summed E-state index contributed by atoms with van der Waals surface area (Å²) in [7, 11) is 0. The highest BCUT2D eigenvalue weighted by Gasteiger charge is 2.09. The van der Waals surface area contributed by atoms with Gasteiger partial charge in [-0.1, -0.05) is 15.7 Å². The minimum atomic E-state index is 0.733. The second kappa shape index (κ2) is 4.17. The van der Waals surface area contributed by atoms with E-state index in [4.69, 9.17) is 0 Å². The van der Waals surface area contributed by atoms with Crippen LogP contribution in [0.1, 0.15) is 22.3 Å². The van der Waals surface area contributed by atoms with Crippen LogP contribution in [0.15, 0.2) is 6.07 Å². The quantitative estimate of drug-likeness (QED) is 0.868. The van der Waals surface area contributed by atoms with Gasteiger partial charge in [-0.15, -0.1) is 0 Å². The second-order valence-electron chi connectivity index (χ2n) is 3.93. The van der Waals surface area contributed by atoms with E-state index >= 15 is 0 Å². The molecule has 0 unspecified atom stereocenters. The van der Waals surface area contributed by atoms with E-state index in [-0.39, 0.29) is 0 Å². The third-order valence-electron chi connectivity index (χ3n) is 2.90.